The van der Waals surface area contributed by atoms with Gasteiger partial charge < -0.3 is 24.6 Å². The number of hydrogen-bond donors (Lipinski definition) is 1. The van der Waals surface area contributed by atoms with E-state index in [0.717, 1.165) is 37.7 Å². The summed E-state index contributed by atoms with van der Waals surface area (Å²) >= 11 is 1.77. The third-order valence-electron chi connectivity index (χ3n) is 4.73. The summed E-state index contributed by atoms with van der Waals surface area (Å²) in [7, 11) is 4.70. The van der Waals surface area contributed by atoms with Crippen LogP contribution in [0.4, 0.5) is 5.00 Å². The van der Waals surface area contributed by atoms with Crippen LogP contribution in [0, 0.1) is 0 Å². The molecular formula is C20H26N4O3S. The van der Waals surface area contributed by atoms with Crippen LogP contribution >= 0.6 is 11.3 Å². The van der Waals surface area contributed by atoms with Crippen LogP contribution in [0.5, 0.6) is 5.75 Å². The number of methoxy groups -OCH3 is 2. The summed E-state index contributed by atoms with van der Waals surface area (Å²) in [5.74, 6) is 0.957. The van der Waals surface area contributed by atoms with Gasteiger partial charge in [-0.3, -0.25) is 4.99 Å². The first-order valence-electron chi connectivity index (χ1n) is 9.15. The Bertz CT molecular complexity index is 815. The standard InChI is InChI=1S/C20H26N4O3S/c1-21-20(24-10-8-23(9-11-24)18-5-4-12-28-18)22-14-15-6-7-17(26-2)16(13-15)19(25)27-3/h4-7,12-13H,8-11,14H2,1-3H3,(H,21,22). The molecule has 28 heavy (non-hydrogen) atoms. The number of benzene rings is 1. The maximum Gasteiger partial charge on any atom is 0.341 e. The van der Waals surface area contributed by atoms with E-state index in [1.807, 2.05) is 6.07 Å². The van der Waals surface area contributed by atoms with Gasteiger partial charge in [-0.1, -0.05) is 6.07 Å². The lowest BCUT2D eigenvalue weighted by Gasteiger charge is -2.37. The van der Waals surface area contributed by atoms with Crippen molar-refractivity contribution in [3.05, 3.63) is 46.8 Å². The highest BCUT2D eigenvalue weighted by Crippen LogP contribution is 2.23. The van der Waals surface area contributed by atoms with Crippen LogP contribution in [-0.4, -0.2) is 64.3 Å². The second kappa shape index (κ2) is 9.45. The average Bonchev–Trinajstić information content (AvgIpc) is 3.29. The van der Waals surface area contributed by atoms with Gasteiger partial charge in [-0.2, -0.15) is 0 Å². The molecule has 8 heteroatoms. The Morgan fingerprint density at radius 1 is 1.21 bits per heavy atom. The van der Waals surface area contributed by atoms with Crippen molar-refractivity contribution in [1.29, 1.82) is 0 Å². The monoisotopic (exact) mass is 402 g/mol. The number of anilines is 1. The summed E-state index contributed by atoms with van der Waals surface area (Å²) in [6.07, 6.45) is 0. The molecular weight excluding hydrogens is 376 g/mol. The van der Waals surface area contributed by atoms with Crippen molar-refractivity contribution in [3.63, 3.8) is 0 Å². The first-order valence-corrected chi connectivity index (χ1v) is 10.0. The Balaban J connectivity index is 1.59. The highest BCUT2D eigenvalue weighted by molar-refractivity contribution is 7.14. The Kier molecular flexibility index (Phi) is 6.76. The van der Waals surface area contributed by atoms with Crippen LogP contribution in [0.2, 0.25) is 0 Å². The highest BCUT2D eigenvalue weighted by Gasteiger charge is 2.20. The van der Waals surface area contributed by atoms with Crippen molar-refractivity contribution in [2.24, 2.45) is 4.99 Å². The number of rotatable bonds is 5. The summed E-state index contributed by atoms with van der Waals surface area (Å²) in [4.78, 5) is 21.0. The fourth-order valence-corrected chi connectivity index (χ4v) is 4.02. The molecule has 0 radical (unpaired) electrons. The predicted octanol–water partition coefficient (Wildman–Crippen LogP) is 2.44. The number of esters is 1. The number of aliphatic imine (C=N–C) groups is 1. The molecule has 0 aliphatic carbocycles. The molecule has 3 rings (SSSR count). The minimum absolute atomic E-state index is 0.409. The van der Waals surface area contributed by atoms with Gasteiger partial charge in [0.1, 0.15) is 11.3 Å². The summed E-state index contributed by atoms with van der Waals surface area (Å²) in [6.45, 7) is 4.32. The molecule has 1 aliphatic heterocycles. The van der Waals surface area contributed by atoms with Crippen molar-refractivity contribution in [3.8, 4) is 5.75 Å². The van der Waals surface area contributed by atoms with Crippen LogP contribution in [0.1, 0.15) is 15.9 Å². The normalized spacial score (nSPS) is 14.8. The molecule has 0 atom stereocenters. The lowest BCUT2D eigenvalue weighted by molar-refractivity contribution is 0.0597. The van der Waals surface area contributed by atoms with E-state index in [0.29, 0.717) is 17.9 Å². The molecule has 1 aromatic carbocycles. The van der Waals surface area contributed by atoms with Gasteiger partial charge >= 0.3 is 5.97 Å². The molecule has 1 N–H and O–H groups in total. The molecule has 1 fully saturated rings. The highest BCUT2D eigenvalue weighted by atomic mass is 32.1. The van der Waals surface area contributed by atoms with E-state index in [2.05, 4.69) is 37.6 Å². The number of carbonyl (C=O) groups excluding carboxylic acids is 1. The Labute approximate surface area is 169 Å². The van der Waals surface area contributed by atoms with E-state index in [1.54, 1.807) is 30.5 Å². The van der Waals surface area contributed by atoms with Crippen molar-refractivity contribution >= 4 is 28.3 Å². The Hall–Kier alpha value is -2.74. The molecule has 0 amide bonds. The SMILES string of the molecule is CN=C(NCc1ccc(OC)c(C(=O)OC)c1)N1CCN(c2cccs2)CC1. The molecule has 0 unspecified atom stereocenters. The molecule has 2 heterocycles. The zero-order valence-electron chi connectivity index (χ0n) is 16.5. The van der Waals surface area contributed by atoms with Crippen molar-refractivity contribution < 1.29 is 14.3 Å². The fraction of sp³-hybridized carbons (Fsp3) is 0.400. The largest absolute Gasteiger partial charge is 0.496 e. The maximum atomic E-state index is 12.0. The Morgan fingerprint density at radius 3 is 2.61 bits per heavy atom. The molecule has 150 valence electrons. The smallest absolute Gasteiger partial charge is 0.341 e. The van der Waals surface area contributed by atoms with E-state index >= 15 is 0 Å². The summed E-state index contributed by atoms with van der Waals surface area (Å²) in [5.41, 5.74) is 1.38. The predicted molar refractivity (Wildman–Crippen MR) is 113 cm³/mol. The molecule has 1 aromatic heterocycles. The molecule has 2 aromatic rings. The lowest BCUT2D eigenvalue weighted by atomic mass is 10.1. The van der Waals surface area contributed by atoms with Crippen LogP contribution in [0.15, 0.2) is 40.7 Å². The number of ether oxygens (including phenoxy) is 2. The number of piperazine rings is 1. The number of carbonyl (C=O) groups is 1. The number of nitrogens with one attached hydrogen (secondary N) is 1. The van der Waals surface area contributed by atoms with Crippen LogP contribution in [0.3, 0.4) is 0 Å². The fourth-order valence-electron chi connectivity index (χ4n) is 3.24. The molecule has 0 saturated carbocycles. The molecule has 1 saturated heterocycles. The van der Waals surface area contributed by atoms with Gasteiger partial charge in [-0.15, -0.1) is 11.3 Å². The topological polar surface area (TPSA) is 66.4 Å². The molecule has 0 spiro atoms. The summed E-state index contributed by atoms with van der Waals surface area (Å²) in [5, 5.41) is 6.82. The first kappa shape index (κ1) is 20.0. The van der Waals surface area contributed by atoms with Crippen molar-refractivity contribution in [1.82, 2.24) is 10.2 Å². The van der Waals surface area contributed by atoms with Crippen LogP contribution in [-0.2, 0) is 11.3 Å². The third kappa shape index (κ3) is 4.56. The first-order chi connectivity index (χ1) is 13.7. The van der Waals surface area contributed by atoms with Gasteiger partial charge in [0, 0.05) is 39.8 Å². The van der Waals surface area contributed by atoms with Crippen molar-refractivity contribution in [2.45, 2.75) is 6.54 Å². The van der Waals surface area contributed by atoms with Crippen LogP contribution < -0.4 is 15.0 Å². The van der Waals surface area contributed by atoms with Gasteiger partial charge in [-0.25, -0.2) is 4.79 Å². The van der Waals surface area contributed by atoms with E-state index in [-0.39, 0.29) is 0 Å². The maximum absolute atomic E-state index is 12.0. The van der Waals surface area contributed by atoms with Crippen LogP contribution in [0.25, 0.3) is 0 Å². The van der Waals surface area contributed by atoms with E-state index < -0.39 is 5.97 Å². The number of nitrogens with zero attached hydrogens (tertiary/aromatic N) is 3. The van der Waals surface area contributed by atoms with Gasteiger partial charge in [0.25, 0.3) is 0 Å². The van der Waals surface area contributed by atoms with E-state index in [4.69, 9.17) is 9.47 Å². The average molecular weight is 403 g/mol. The molecule has 7 nitrogen and oxygen atoms in total. The van der Waals surface area contributed by atoms with Gasteiger partial charge in [0.2, 0.25) is 0 Å². The van der Waals surface area contributed by atoms with Gasteiger partial charge in [0.05, 0.1) is 19.2 Å². The molecule has 1 aliphatic rings. The lowest BCUT2D eigenvalue weighted by Crippen LogP contribution is -2.52. The number of hydrogen-bond acceptors (Lipinski definition) is 6. The Morgan fingerprint density at radius 2 is 2.00 bits per heavy atom. The number of guanidine groups is 1. The number of thiophene rings is 1. The summed E-state index contributed by atoms with van der Waals surface area (Å²) in [6, 6.07) is 9.76. The van der Waals surface area contributed by atoms with Gasteiger partial charge in [-0.05, 0) is 35.2 Å². The molecule has 0 bridgehead atoms. The van der Waals surface area contributed by atoms with E-state index in [9.17, 15) is 4.79 Å². The quantitative estimate of drug-likeness (QED) is 0.471. The summed E-state index contributed by atoms with van der Waals surface area (Å²) < 4.78 is 10.1. The second-order valence-corrected chi connectivity index (χ2v) is 7.28. The zero-order chi connectivity index (χ0) is 19.9. The van der Waals surface area contributed by atoms with E-state index in [1.165, 1.54) is 19.2 Å². The zero-order valence-corrected chi connectivity index (χ0v) is 17.3. The second-order valence-electron chi connectivity index (χ2n) is 6.35. The van der Waals surface area contributed by atoms with Gasteiger partial charge in [0.15, 0.2) is 5.96 Å². The minimum atomic E-state index is -0.409. The minimum Gasteiger partial charge on any atom is -0.496 e. The third-order valence-corrected chi connectivity index (χ3v) is 5.66. The van der Waals surface area contributed by atoms with Crippen molar-refractivity contribution in [2.75, 3.05) is 52.3 Å².